The van der Waals surface area contributed by atoms with E-state index in [0.29, 0.717) is 0 Å². The zero-order valence-corrected chi connectivity index (χ0v) is 10.1. The predicted octanol–water partition coefficient (Wildman–Crippen LogP) is 2.94. The first-order chi connectivity index (χ1) is 7.02. The van der Waals surface area contributed by atoms with Crippen LogP contribution >= 0.6 is 22.6 Å². The normalized spacial score (nSPS) is 8.67. The lowest BCUT2D eigenvalue weighted by molar-refractivity contribution is -0.394. The minimum atomic E-state index is -0.674. The van der Waals surface area contributed by atoms with Crippen LogP contribution in [0.4, 0.5) is 11.4 Å². The first-order valence-electron chi connectivity index (χ1n) is 3.97. The van der Waals surface area contributed by atoms with Gasteiger partial charge in [0.05, 0.1) is 15.9 Å². The number of hydrogen-bond donors (Lipinski definition) is 0. The van der Waals surface area contributed by atoms with Crippen LogP contribution in [0.25, 0.3) is 0 Å². The Morgan fingerprint density at radius 2 is 1.53 bits per heavy atom. The van der Waals surface area contributed by atoms with Crippen LogP contribution in [0.2, 0.25) is 0 Å². The molecule has 0 saturated carbocycles. The standard InChI is InChI=1S/C6H4N2O4.C2H5I/c9-7(10)5-2-1-3-6(4-5)8(11)12;1-2-3/h1-4H;2H2,1H3. The zero-order chi connectivity index (χ0) is 11.8. The van der Waals surface area contributed by atoms with Crippen molar-refractivity contribution < 1.29 is 9.85 Å². The van der Waals surface area contributed by atoms with Gasteiger partial charge in [0.1, 0.15) is 0 Å². The van der Waals surface area contributed by atoms with E-state index in [1.807, 2.05) is 0 Å². The van der Waals surface area contributed by atoms with E-state index in [1.165, 1.54) is 22.6 Å². The number of hydrogen-bond acceptors (Lipinski definition) is 4. The third-order valence-corrected chi connectivity index (χ3v) is 1.25. The molecule has 0 saturated heterocycles. The SMILES string of the molecule is CCI.O=[N+]([O-])c1cccc([N+](=O)[O-])c1. The van der Waals surface area contributed by atoms with Gasteiger partial charge in [-0.2, -0.15) is 0 Å². The third-order valence-electron chi connectivity index (χ3n) is 1.25. The van der Waals surface area contributed by atoms with E-state index in [2.05, 4.69) is 29.5 Å². The Hall–Kier alpha value is -1.25. The molecule has 0 atom stereocenters. The average Bonchev–Trinajstić information content (AvgIpc) is 2.19. The summed E-state index contributed by atoms with van der Waals surface area (Å²) < 4.78 is 1.22. The summed E-state index contributed by atoms with van der Waals surface area (Å²) in [6.07, 6.45) is 0. The molecule has 0 unspecified atom stereocenters. The van der Waals surface area contributed by atoms with Gasteiger partial charge in [-0.05, 0) is 10.5 Å². The molecule has 1 aromatic carbocycles. The van der Waals surface area contributed by atoms with Crippen LogP contribution in [0, 0.1) is 20.2 Å². The molecule has 1 aromatic rings. The van der Waals surface area contributed by atoms with Gasteiger partial charge in [0.15, 0.2) is 0 Å². The maximum absolute atomic E-state index is 10.2. The minimum Gasteiger partial charge on any atom is -0.258 e. The molecule has 0 spiro atoms. The molecule has 0 N–H and O–H groups in total. The summed E-state index contributed by atoms with van der Waals surface area (Å²) in [7, 11) is 0. The van der Waals surface area contributed by atoms with Crippen molar-refractivity contribution in [1.29, 1.82) is 0 Å². The van der Waals surface area contributed by atoms with Gasteiger partial charge in [-0.25, -0.2) is 0 Å². The third kappa shape index (κ3) is 5.25. The van der Waals surface area contributed by atoms with Crippen molar-refractivity contribution in [2.45, 2.75) is 6.92 Å². The van der Waals surface area contributed by atoms with Crippen molar-refractivity contribution in [1.82, 2.24) is 0 Å². The van der Waals surface area contributed by atoms with E-state index in [9.17, 15) is 20.2 Å². The Bertz CT molecular complexity index is 327. The monoisotopic (exact) mass is 324 g/mol. The molecule has 15 heavy (non-hydrogen) atoms. The van der Waals surface area contributed by atoms with Crippen LogP contribution in [-0.2, 0) is 0 Å². The van der Waals surface area contributed by atoms with Crippen LogP contribution in [0.1, 0.15) is 6.92 Å². The fourth-order valence-electron chi connectivity index (χ4n) is 0.720. The number of nitro groups is 2. The second-order valence-corrected chi connectivity index (χ2v) is 3.83. The topological polar surface area (TPSA) is 86.3 Å². The Kier molecular flexibility index (Phi) is 6.50. The second kappa shape index (κ2) is 7.10. The van der Waals surface area contributed by atoms with Crippen LogP contribution in [0.15, 0.2) is 24.3 Å². The molecule has 0 aliphatic carbocycles. The fraction of sp³-hybridized carbons (Fsp3) is 0.250. The molecule has 0 aliphatic rings. The Morgan fingerprint density at radius 3 is 1.80 bits per heavy atom. The van der Waals surface area contributed by atoms with E-state index in [-0.39, 0.29) is 11.4 Å². The van der Waals surface area contributed by atoms with E-state index in [4.69, 9.17) is 0 Å². The zero-order valence-electron chi connectivity index (χ0n) is 7.92. The Morgan fingerprint density at radius 1 is 1.20 bits per heavy atom. The highest BCUT2D eigenvalue weighted by Crippen LogP contribution is 2.18. The molecule has 1 rings (SSSR count). The second-order valence-electron chi connectivity index (χ2n) is 2.30. The highest BCUT2D eigenvalue weighted by Gasteiger charge is 2.11. The quantitative estimate of drug-likeness (QED) is 0.362. The fourth-order valence-corrected chi connectivity index (χ4v) is 0.720. The number of nitro benzene ring substituents is 2. The lowest BCUT2D eigenvalue weighted by atomic mass is 10.3. The number of halogens is 1. The van der Waals surface area contributed by atoms with Gasteiger partial charge < -0.3 is 0 Å². The largest absolute Gasteiger partial charge is 0.276 e. The molecule has 7 heteroatoms. The van der Waals surface area contributed by atoms with Gasteiger partial charge in [0, 0.05) is 12.1 Å². The van der Waals surface area contributed by atoms with Gasteiger partial charge >= 0.3 is 0 Å². The van der Waals surface area contributed by atoms with Crippen LogP contribution in [-0.4, -0.2) is 14.3 Å². The maximum Gasteiger partial charge on any atom is 0.276 e. The first-order valence-corrected chi connectivity index (χ1v) is 5.50. The molecule has 0 bridgehead atoms. The van der Waals surface area contributed by atoms with Gasteiger partial charge in [-0.3, -0.25) is 20.2 Å². The van der Waals surface area contributed by atoms with E-state index >= 15 is 0 Å². The van der Waals surface area contributed by atoms with Crippen molar-refractivity contribution >= 4 is 34.0 Å². The highest BCUT2D eigenvalue weighted by atomic mass is 127. The van der Waals surface area contributed by atoms with E-state index in [1.54, 1.807) is 0 Å². The number of rotatable bonds is 2. The molecule has 6 nitrogen and oxygen atoms in total. The van der Waals surface area contributed by atoms with Gasteiger partial charge in [0.2, 0.25) is 0 Å². The van der Waals surface area contributed by atoms with Gasteiger partial charge in [0.25, 0.3) is 11.4 Å². The molecule has 0 heterocycles. The number of benzene rings is 1. The van der Waals surface area contributed by atoms with Gasteiger partial charge in [-0.15, -0.1) is 0 Å². The van der Waals surface area contributed by atoms with Crippen LogP contribution in [0.5, 0.6) is 0 Å². The lowest BCUT2D eigenvalue weighted by Gasteiger charge is -1.90. The van der Waals surface area contributed by atoms with Crippen molar-refractivity contribution in [2.24, 2.45) is 0 Å². The molecule has 82 valence electrons. The highest BCUT2D eigenvalue weighted by molar-refractivity contribution is 14.1. The van der Waals surface area contributed by atoms with Crippen LogP contribution < -0.4 is 0 Å². The molecule has 0 radical (unpaired) electrons. The number of alkyl halides is 1. The first kappa shape index (κ1) is 13.8. The molecule has 0 aliphatic heterocycles. The predicted molar refractivity (Wildman–Crippen MR) is 64.3 cm³/mol. The summed E-state index contributed by atoms with van der Waals surface area (Å²) in [5, 5.41) is 20.3. The van der Waals surface area contributed by atoms with E-state index in [0.717, 1.165) is 6.07 Å². The summed E-state index contributed by atoms with van der Waals surface area (Å²) in [6, 6.07) is 4.59. The van der Waals surface area contributed by atoms with E-state index < -0.39 is 9.85 Å². The molecule has 0 aromatic heterocycles. The molecule has 0 fully saturated rings. The van der Waals surface area contributed by atoms with Crippen molar-refractivity contribution in [3.63, 3.8) is 0 Å². The Labute approximate surface area is 99.7 Å². The van der Waals surface area contributed by atoms with Crippen LogP contribution in [0.3, 0.4) is 0 Å². The van der Waals surface area contributed by atoms with Crippen molar-refractivity contribution in [3.8, 4) is 0 Å². The number of non-ortho nitro benzene ring substituents is 2. The summed E-state index contributed by atoms with van der Waals surface area (Å²) in [4.78, 5) is 19.0. The average molecular weight is 324 g/mol. The molecular weight excluding hydrogens is 315 g/mol. The summed E-state index contributed by atoms with van der Waals surface area (Å²) >= 11 is 2.29. The lowest BCUT2D eigenvalue weighted by Crippen LogP contribution is -1.91. The minimum absolute atomic E-state index is 0.274. The van der Waals surface area contributed by atoms with Gasteiger partial charge in [-0.1, -0.05) is 29.5 Å². The number of nitrogens with zero attached hydrogens (tertiary/aromatic N) is 2. The Balaban J connectivity index is 0.000000583. The molecule has 0 amide bonds. The van der Waals surface area contributed by atoms with Crippen molar-refractivity contribution in [2.75, 3.05) is 4.43 Å². The molecular formula is C8H9IN2O4. The summed E-state index contributed by atoms with van der Waals surface area (Å²) in [5.41, 5.74) is -0.548. The summed E-state index contributed by atoms with van der Waals surface area (Å²) in [5.74, 6) is 0. The summed E-state index contributed by atoms with van der Waals surface area (Å²) in [6.45, 7) is 2.11. The van der Waals surface area contributed by atoms with Crippen molar-refractivity contribution in [3.05, 3.63) is 44.5 Å². The smallest absolute Gasteiger partial charge is 0.258 e. The maximum atomic E-state index is 10.2.